The zero-order chi connectivity index (χ0) is 12.3. The average Bonchev–Trinajstić information content (AvgIpc) is 2.69. The third kappa shape index (κ3) is 2.57. The van der Waals surface area contributed by atoms with Gasteiger partial charge in [-0.05, 0) is 25.1 Å². The number of nitrogens with one attached hydrogen (secondary N) is 1. The van der Waals surface area contributed by atoms with Crippen LogP contribution >= 0.6 is 0 Å². The van der Waals surface area contributed by atoms with E-state index >= 15 is 0 Å². The fourth-order valence-corrected chi connectivity index (χ4v) is 1.50. The van der Waals surface area contributed by atoms with Crippen molar-refractivity contribution in [2.24, 2.45) is 0 Å². The van der Waals surface area contributed by atoms with Gasteiger partial charge in [0.25, 0.3) is 0 Å². The molecule has 5 heteroatoms. The van der Waals surface area contributed by atoms with Crippen molar-refractivity contribution >= 4 is 12.0 Å². The van der Waals surface area contributed by atoms with E-state index in [4.69, 9.17) is 5.11 Å². The first-order valence-corrected chi connectivity index (χ1v) is 5.05. The van der Waals surface area contributed by atoms with Crippen LogP contribution < -0.4 is 0 Å². The fraction of sp³-hybridized carbons (Fsp3) is 0.0833. The Morgan fingerprint density at radius 3 is 3.00 bits per heavy atom. The summed E-state index contributed by atoms with van der Waals surface area (Å²) in [6.45, 7) is 1.88. The van der Waals surface area contributed by atoms with Gasteiger partial charge in [0, 0.05) is 29.7 Å². The molecule has 2 rings (SSSR count). The third-order valence-corrected chi connectivity index (χ3v) is 2.22. The van der Waals surface area contributed by atoms with Crippen molar-refractivity contribution in [3.63, 3.8) is 0 Å². The van der Waals surface area contributed by atoms with Gasteiger partial charge in [-0.25, -0.2) is 9.78 Å². The molecule has 0 aliphatic rings. The quantitative estimate of drug-likeness (QED) is 0.787. The lowest BCUT2D eigenvalue weighted by Crippen LogP contribution is -1.86. The first-order valence-electron chi connectivity index (χ1n) is 5.05. The Labute approximate surface area is 97.9 Å². The van der Waals surface area contributed by atoms with Crippen molar-refractivity contribution in [3.05, 3.63) is 42.1 Å². The number of pyridine rings is 1. The van der Waals surface area contributed by atoms with Gasteiger partial charge in [-0.15, -0.1) is 0 Å². The number of nitrogens with zero attached hydrogens (tertiary/aromatic N) is 2. The van der Waals surface area contributed by atoms with Crippen LogP contribution in [-0.2, 0) is 4.79 Å². The summed E-state index contributed by atoms with van der Waals surface area (Å²) in [7, 11) is 0. The molecule has 0 amide bonds. The molecule has 0 fully saturated rings. The number of hydrogen-bond donors (Lipinski definition) is 2. The number of aliphatic carboxylic acids is 1. The Kier molecular flexibility index (Phi) is 3.00. The Bertz CT molecular complexity index is 558. The zero-order valence-corrected chi connectivity index (χ0v) is 9.21. The maximum Gasteiger partial charge on any atom is 0.328 e. The molecular weight excluding hydrogens is 218 g/mol. The van der Waals surface area contributed by atoms with E-state index in [2.05, 4.69) is 15.0 Å². The van der Waals surface area contributed by atoms with Gasteiger partial charge >= 0.3 is 5.97 Å². The van der Waals surface area contributed by atoms with Crippen LogP contribution in [0.3, 0.4) is 0 Å². The highest BCUT2D eigenvalue weighted by Crippen LogP contribution is 2.20. The molecule has 0 radical (unpaired) electrons. The first kappa shape index (κ1) is 11.1. The molecule has 2 aromatic heterocycles. The van der Waals surface area contributed by atoms with Gasteiger partial charge in [-0.1, -0.05) is 0 Å². The summed E-state index contributed by atoms with van der Waals surface area (Å²) in [6, 6.07) is 3.73. The Morgan fingerprint density at radius 1 is 1.53 bits per heavy atom. The van der Waals surface area contributed by atoms with Crippen LogP contribution in [0.4, 0.5) is 0 Å². The number of carboxylic acids is 1. The second-order valence-corrected chi connectivity index (χ2v) is 3.51. The molecule has 2 N–H and O–H groups in total. The SMILES string of the molecule is Cc1[nH]c(/C=C/C(=O)O)nc1-c1cccnc1. The number of carboxylic acid groups (broad SMARTS) is 1. The Balaban J connectivity index is 2.35. The van der Waals surface area contributed by atoms with Gasteiger partial charge in [0.05, 0.1) is 5.69 Å². The van der Waals surface area contributed by atoms with Crippen molar-refractivity contribution in [3.8, 4) is 11.3 Å². The van der Waals surface area contributed by atoms with E-state index in [9.17, 15) is 4.79 Å². The van der Waals surface area contributed by atoms with Crippen LogP contribution in [0.15, 0.2) is 30.6 Å². The van der Waals surface area contributed by atoms with Crippen LogP contribution in [0.5, 0.6) is 0 Å². The molecule has 0 unspecified atom stereocenters. The zero-order valence-electron chi connectivity index (χ0n) is 9.21. The largest absolute Gasteiger partial charge is 0.478 e. The number of aromatic nitrogens is 3. The second-order valence-electron chi connectivity index (χ2n) is 3.51. The van der Waals surface area contributed by atoms with Gasteiger partial charge in [-0.3, -0.25) is 4.98 Å². The van der Waals surface area contributed by atoms with Crippen LogP contribution in [-0.4, -0.2) is 26.0 Å². The van der Waals surface area contributed by atoms with Crippen molar-refractivity contribution in [1.29, 1.82) is 0 Å². The fourth-order valence-electron chi connectivity index (χ4n) is 1.50. The monoisotopic (exact) mass is 229 g/mol. The molecular formula is C12H11N3O2. The lowest BCUT2D eigenvalue weighted by atomic mass is 10.2. The highest BCUT2D eigenvalue weighted by Gasteiger charge is 2.07. The van der Waals surface area contributed by atoms with Gasteiger partial charge in [-0.2, -0.15) is 0 Å². The molecule has 0 aromatic carbocycles. The third-order valence-electron chi connectivity index (χ3n) is 2.22. The van der Waals surface area contributed by atoms with Crippen LogP contribution in [0.1, 0.15) is 11.5 Å². The van der Waals surface area contributed by atoms with Crippen molar-refractivity contribution in [2.75, 3.05) is 0 Å². The number of aryl methyl sites for hydroxylation is 1. The number of H-pyrrole nitrogens is 1. The summed E-state index contributed by atoms with van der Waals surface area (Å²) >= 11 is 0. The molecule has 0 saturated carbocycles. The summed E-state index contributed by atoms with van der Waals surface area (Å²) in [6.07, 6.45) is 5.88. The molecule has 2 heterocycles. The van der Waals surface area contributed by atoms with E-state index in [0.29, 0.717) is 5.82 Å². The lowest BCUT2D eigenvalue weighted by molar-refractivity contribution is -0.131. The topological polar surface area (TPSA) is 78.9 Å². The van der Waals surface area contributed by atoms with E-state index in [1.165, 1.54) is 6.08 Å². The highest BCUT2D eigenvalue weighted by atomic mass is 16.4. The first-order chi connectivity index (χ1) is 8.16. The van der Waals surface area contributed by atoms with Gasteiger partial charge in [0.2, 0.25) is 0 Å². The normalized spacial score (nSPS) is 10.9. The van der Waals surface area contributed by atoms with Crippen LogP contribution in [0, 0.1) is 6.92 Å². The predicted octanol–water partition coefficient (Wildman–Crippen LogP) is 1.88. The number of aromatic amines is 1. The molecule has 0 aliphatic heterocycles. The average molecular weight is 229 g/mol. The molecule has 86 valence electrons. The molecule has 0 aliphatic carbocycles. The minimum Gasteiger partial charge on any atom is -0.478 e. The molecule has 2 aromatic rings. The summed E-state index contributed by atoms with van der Waals surface area (Å²) in [5.41, 5.74) is 2.56. The number of carbonyl (C=O) groups is 1. The van der Waals surface area contributed by atoms with Crippen LogP contribution in [0.25, 0.3) is 17.3 Å². The molecule has 0 saturated heterocycles. The Morgan fingerprint density at radius 2 is 2.35 bits per heavy atom. The van der Waals surface area contributed by atoms with E-state index in [0.717, 1.165) is 23.0 Å². The minimum absolute atomic E-state index is 0.517. The van der Waals surface area contributed by atoms with E-state index in [1.54, 1.807) is 12.4 Å². The smallest absolute Gasteiger partial charge is 0.328 e. The molecule has 0 bridgehead atoms. The van der Waals surface area contributed by atoms with Gasteiger partial charge in [0.1, 0.15) is 5.82 Å². The van der Waals surface area contributed by atoms with E-state index in [1.807, 2.05) is 19.1 Å². The molecule has 5 nitrogen and oxygen atoms in total. The second kappa shape index (κ2) is 4.61. The number of hydrogen-bond acceptors (Lipinski definition) is 3. The van der Waals surface area contributed by atoms with Crippen molar-refractivity contribution < 1.29 is 9.90 Å². The van der Waals surface area contributed by atoms with Crippen LogP contribution in [0.2, 0.25) is 0 Å². The van der Waals surface area contributed by atoms with Gasteiger partial charge < -0.3 is 10.1 Å². The lowest BCUT2D eigenvalue weighted by Gasteiger charge is -1.95. The van der Waals surface area contributed by atoms with Crippen molar-refractivity contribution in [2.45, 2.75) is 6.92 Å². The minimum atomic E-state index is -0.998. The van der Waals surface area contributed by atoms with Gasteiger partial charge in [0.15, 0.2) is 0 Å². The van der Waals surface area contributed by atoms with Crippen molar-refractivity contribution in [1.82, 2.24) is 15.0 Å². The molecule has 0 atom stereocenters. The Hall–Kier alpha value is -2.43. The van der Waals surface area contributed by atoms with E-state index < -0.39 is 5.97 Å². The molecule has 17 heavy (non-hydrogen) atoms. The summed E-state index contributed by atoms with van der Waals surface area (Å²) in [5.74, 6) is -0.481. The number of imidazole rings is 1. The summed E-state index contributed by atoms with van der Waals surface area (Å²) in [5, 5.41) is 8.53. The summed E-state index contributed by atoms with van der Waals surface area (Å²) < 4.78 is 0. The predicted molar refractivity (Wildman–Crippen MR) is 63.2 cm³/mol. The maximum atomic E-state index is 10.4. The summed E-state index contributed by atoms with van der Waals surface area (Å²) in [4.78, 5) is 21.7. The number of rotatable bonds is 3. The maximum absolute atomic E-state index is 10.4. The van der Waals surface area contributed by atoms with E-state index in [-0.39, 0.29) is 0 Å². The standard InChI is InChI=1S/C12H11N3O2/c1-8-12(9-3-2-6-13-7-9)15-10(14-8)4-5-11(16)17/h2-7H,1H3,(H,14,15)(H,16,17)/b5-4+. The molecule has 0 spiro atoms. The highest BCUT2D eigenvalue weighted by molar-refractivity contribution is 5.84.